The second-order valence-corrected chi connectivity index (χ2v) is 5.64. The third-order valence-corrected chi connectivity index (χ3v) is 4.00. The Morgan fingerprint density at radius 3 is 2.76 bits per heavy atom. The highest BCUT2D eigenvalue weighted by atomic mass is 35.5. The lowest BCUT2D eigenvalue weighted by atomic mass is 10.2. The van der Waals surface area contributed by atoms with Gasteiger partial charge in [-0.05, 0) is 32.0 Å². The molecule has 1 N–H and O–H groups in total. The van der Waals surface area contributed by atoms with Crippen LogP contribution in [0, 0.1) is 6.92 Å². The Labute approximate surface area is 108 Å². The Kier molecular flexibility index (Phi) is 3.26. The standard InChI is InChI=1S/C12H12ClNO2S/c1-7-3-4-11(17-7)8(2)14-6-9(13)5-10(14)12(15)16/h3-6,8H,1-2H3,(H,15,16). The SMILES string of the molecule is Cc1ccc(C(C)n2cc(Cl)cc2C(=O)O)s1. The van der Waals surface area contributed by atoms with Crippen LogP contribution in [0.1, 0.15) is 33.2 Å². The molecule has 0 saturated heterocycles. The minimum absolute atomic E-state index is 0.0210. The zero-order valence-corrected chi connectivity index (χ0v) is 11.0. The highest BCUT2D eigenvalue weighted by Crippen LogP contribution is 2.28. The summed E-state index contributed by atoms with van der Waals surface area (Å²) in [5, 5.41) is 9.55. The first kappa shape index (κ1) is 12.2. The first-order chi connectivity index (χ1) is 7.99. The molecule has 17 heavy (non-hydrogen) atoms. The van der Waals surface area contributed by atoms with Gasteiger partial charge in [-0.1, -0.05) is 11.6 Å². The van der Waals surface area contributed by atoms with Crippen molar-refractivity contribution in [2.45, 2.75) is 19.9 Å². The summed E-state index contributed by atoms with van der Waals surface area (Å²) in [5.74, 6) is -0.961. The normalized spacial score (nSPS) is 12.6. The molecule has 3 nitrogen and oxygen atoms in total. The number of halogens is 1. The number of hydrogen-bond donors (Lipinski definition) is 1. The molecule has 0 aliphatic carbocycles. The number of carboxylic acid groups (broad SMARTS) is 1. The monoisotopic (exact) mass is 269 g/mol. The van der Waals surface area contributed by atoms with E-state index in [2.05, 4.69) is 0 Å². The van der Waals surface area contributed by atoms with Crippen molar-refractivity contribution in [3.63, 3.8) is 0 Å². The molecule has 5 heteroatoms. The van der Waals surface area contributed by atoms with E-state index in [0.717, 1.165) is 4.88 Å². The van der Waals surface area contributed by atoms with E-state index >= 15 is 0 Å². The Balaban J connectivity index is 2.43. The van der Waals surface area contributed by atoms with Crippen molar-refractivity contribution in [1.29, 1.82) is 0 Å². The summed E-state index contributed by atoms with van der Waals surface area (Å²) in [6, 6.07) is 5.50. The second-order valence-electron chi connectivity index (χ2n) is 3.88. The lowest BCUT2D eigenvalue weighted by molar-refractivity contribution is 0.0684. The lowest BCUT2D eigenvalue weighted by Gasteiger charge is -2.13. The topological polar surface area (TPSA) is 42.2 Å². The van der Waals surface area contributed by atoms with Crippen LogP contribution in [-0.4, -0.2) is 15.6 Å². The van der Waals surface area contributed by atoms with E-state index in [9.17, 15) is 4.79 Å². The predicted molar refractivity (Wildman–Crippen MR) is 69.3 cm³/mol. The number of carbonyl (C=O) groups is 1. The van der Waals surface area contributed by atoms with Gasteiger partial charge in [0.2, 0.25) is 0 Å². The molecule has 0 saturated carbocycles. The summed E-state index contributed by atoms with van der Waals surface area (Å²) >= 11 is 7.53. The van der Waals surface area contributed by atoms with Gasteiger partial charge in [-0.3, -0.25) is 0 Å². The Hall–Kier alpha value is -1.26. The fourth-order valence-electron chi connectivity index (χ4n) is 1.75. The number of aromatic nitrogens is 1. The van der Waals surface area contributed by atoms with Crippen LogP contribution in [0.25, 0.3) is 0 Å². The molecule has 0 aliphatic heterocycles. The van der Waals surface area contributed by atoms with E-state index in [1.165, 1.54) is 10.9 Å². The van der Waals surface area contributed by atoms with E-state index in [1.54, 1.807) is 22.1 Å². The Morgan fingerprint density at radius 2 is 2.24 bits per heavy atom. The van der Waals surface area contributed by atoms with Gasteiger partial charge in [-0.2, -0.15) is 0 Å². The molecule has 0 aromatic carbocycles. The summed E-state index contributed by atoms with van der Waals surface area (Å²) in [4.78, 5) is 13.4. The molecule has 2 aromatic heterocycles. The van der Waals surface area contributed by atoms with E-state index < -0.39 is 5.97 Å². The van der Waals surface area contributed by atoms with E-state index in [1.807, 2.05) is 26.0 Å². The van der Waals surface area contributed by atoms with Gasteiger partial charge < -0.3 is 9.67 Å². The number of hydrogen-bond acceptors (Lipinski definition) is 2. The molecule has 2 heterocycles. The van der Waals surface area contributed by atoms with Crippen molar-refractivity contribution in [2.75, 3.05) is 0 Å². The van der Waals surface area contributed by atoms with Crippen molar-refractivity contribution < 1.29 is 9.90 Å². The minimum Gasteiger partial charge on any atom is -0.477 e. The summed E-state index contributed by atoms with van der Waals surface area (Å²) in [5.41, 5.74) is 0.216. The fraction of sp³-hybridized carbons (Fsp3) is 0.250. The molecule has 2 rings (SSSR count). The van der Waals surface area contributed by atoms with Crippen LogP contribution >= 0.6 is 22.9 Å². The maximum Gasteiger partial charge on any atom is 0.352 e. The van der Waals surface area contributed by atoms with E-state index in [0.29, 0.717) is 5.02 Å². The maximum absolute atomic E-state index is 11.1. The van der Waals surface area contributed by atoms with E-state index in [-0.39, 0.29) is 11.7 Å². The van der Waals surface area contributed by atoms with Gasteiger partial charge in [0, 0.05) is 16.0 Å². The predicted octanol–water partition coefficient (Wildman–Crippen LogP) is 3.82. The average molecular weight is 270 g/mol. The molecule has 0 spiro atoms. The van der Waals surface area contributed by atoms with Crippen LogP contribution < -0.4 is 0 Å². The molecule has 1 atom stereocenters. The third kappa shape index (κ3) is 2.37. The van der Waals surface area contributed by atoms with Gasteiger partial charge in [-0.25, -0.2) is 4.79 Å². The van der Waals surface area contributed by atoms with Gasteiger partial charge >= 0.3 is 5.97 Å². The van der Waals surface area contributed by atoms with Gasteiger partial charge in [0.25, 0.3) is 0 Å². The molecule has 0 bridgehead atoms. The third-order valence-electron chi connectivity index (χ3n) is 2.62. The van der Waals surface area contributed by atoms with E-state index in [4.69, 9.17) is 16.7 Å². The molecule has 1 unspecified atom stereocenters. The van der Waals surface area contributed by atoms with Crippen LogP contribution in [0.15, 0.2) is 24.4 Å². The first-order valence-corrected chi connectivity index (χ1v) is 6.35. The number of aryl methyl sites for hydroxylation is 1. The molecule has 0 fully saturated rings. The van der Waals surface area contributed by atoms with Gasteiger partial charge in [0.05, 0.1) is 11.1 Å². The van der Waals surface area contributed by atoms with Crippen molar-refractivity contribution in [2.24, 2.45) is 0 Å². The zero-order chi connectivity index (χ0) is 12.6. The molecular weight excluding hydrogens is 258 g/mol. The summed E-state index contributed by atoms with van der Waals surface area (Å²) in [7, 11) is 0. The first-order valence-electron chi connectivity index (χ1n) is 5.16. The Morgan fingerprint density at radius 1 is 1.53 bits per heavy atom. The zero-order valence-electron chi connectivity index (χ0n) is 9.48. The molecule has 2 aromatic rings. The van der Waals surface area contributed by atoms with Gasteiger partial charge in [0.1, 0.15) is 5.69 Å². The fourth-order valence-corrected chi connectivity index (χ4v) is 2.89. The van der Waals surface area contributed by atoms with Crippen molar-refractivity contribution in [3.05, 3.63) is 44.9 Å². The number of nitrogens with zero attached hydrogens (tertiary/aromatic N) is 1. The molecule has 0 aliphatic rings. The number of thiophene rings is 1. The highest BCUT2D eigenvalue weighted by Gasteiger charge is 2.18. The van der Waals surface area contributed by atoms with Crippen LogP contribution in [0.2, 0.25) is 5.02 Å². The van der Waals surface area contributed by atoms with Crippen molar-refractivity contribution in [3.8, 4) is 0 Å². The quantitative estimate of drug-likeness (QED) is 0.920. The van der Waals surface area contributed by atoms with Crippen molar-refractivity contribution >= 4 is 28.9 Å². The summed E-state index contributed by atoms with van der Waals surface area (Å²) in [6.07, 6.45) is 1.66. The lowest BCUT2D eigenvalue weighted by Crippen LogP contribution is -2.11. The summed E-state index contributed by atoms with van der Waals surface area (Å²) in [6.45, 7) is 4.00. The largest absolute Gasteiger partial charge is 0.477 e. The molecular formula is C12H12ClNO2S. The second kappa shape index (κ2) is 4.55. The number of carboxylic acids is 1. The van der Waals surface area contributed by atoms with Gasteiger partial charge in [-0.15, -0.1) is 11.3 Å². The smallest absolute Gasteiger partial charge is 0.352 e. The average Bonchev–Trinajstić information content (AvgIpc) is 2.83. The number of rotatable bonds is 3. The molecule has 0 radical (unpaired) electrons. The van der Waals surface area contributed by atoms with Crippen LogP contribution in [-0.2, 0) is 0 Å². The summed E-state index contributed by atoms with van der Waals surface area (Å²) < 4.78 is 1.69. The van der Waals surface area contributed by atoms with Crippen LogP contribution in [0.4, 0.5) is 0 Å². The molecule has 90 valence electrons. The maximum atomic E-state index is 11.1. The Bertz CT molecular complexity index is 559. The molecule has 0 amide bonds. The van der Waals surface area contributed by atoms with Crippen LogP contribution in [0.5, 0.6) is 0 Å². The highest BCUT2D eigenvalue weighted by molar-refractivity contribution is 7.12. The van der Waals surface area contributed by atoms with Gasteiger partial charge in [0.15, 0.2) is 0 Å². The number of aromatic carboxylic acids is 1. The van der Waals surface area contributed by atoms with Crippen LogP contribution in [0.3, 0.4) is 0 Å². The minimum atomic E-state index is -0.961. The van der Waals surface area contributed by atoms with Crippen molar-refractivity contribution in [1.82, 2.24) is 4.57 Å².